The Morgan fingerprint density at radius 3 is 2.46 bits per heavy atom. The molecule has 3 N–H and O–H groups in total. The van der Waals surface area contributed by atoms with E-state index in [1.54, 1.807) is 4.57 Å². The van der Waals surface area contributed by atoms with Crippen LogP contribution in [0, 0.1) is 11.7 Å². The number of hydrogen-bond donors (Lipinski definition) is 3. The molecule has 1 aromatic heterocycles. The molecule has 0 aliphatic rings. The molecule has 0 atom stereocenters. The second-order valence-corrected chi connectivity index (χ2v) is 7.58. The van der Waals surface area contributed by atoms with Crippen molar-refractivity contribution < 1.29 is 9.59 Å². The standard InChI is InChI=1S/C18H25N5O2S/c1-12-5-7-13(8-6-12)16-21-22-17(26)23(16)10-9-14(24)19-11-15(25)20-18(2,3)4/h5-8H,9-11H2,1-4H3,(H,19,24)(H,20,25)(H,22,26). The van der Waals surface area contributed by atoms with Crippen LogP contribution in [0.4, 0.5) is 0 Å². The van der Waals surface area contributed by atoms with Crippen LogP contribution in [0.15, 0.2) is 24.3 Å². The minimum atomic E-state index is -0.325. The SMILES string of the molecule is Cc1ccc(-c2n[nH]c(=S)n2CCC(=O)NCC(=O)NC(C)(C)C)cc1. The van der Waals surface area contributed by atoms with Gasteiger partial charge in [0.05, 0.1) is 6.54 Å². The summed E-state index contributed by atoms with van der Waals surface area (Å²) >= 11 is 5.27. The number of H-pyrrole nitrogens is 1. The van der Waals surface area contributed by atoms with E-state index in [0.717, 1.165) is 11.1 Å². The molecular weight excluding hydrogens is 350 g/mol. The Bertz CT molecular complexity index is 831. The van der Waals surface area contributed by atoms with Crippen LogP contribution in [0.3, 0.4) is 0 Å². The van der Waals surface area contributed by atoms with Gasteiger partial charge in [-0.25, -0.2) is 0 Å². The van der Waals surface area contributed by atoms with Crippen molar-refractivity contribution in [2.75, 3.05) is 6.54 Å². The lowest BCUT2D eigenvalue weighted by atomic mass is 10.1. The monoisotopic (exact) mass is 375 g/mol. The van der Waals surface area contributed by atoms with E-state index in [-0.39, 0.29) is 30.3 Å². The number of carbonyl (C=O) groups excluding carboxylic acids is 2. The number of aromatic amines is 1. The maximum absolute atomic E-state index is 12.0. The number of benzene rings is 1. The maximum atomic E-state index is 12.0. The summed E-state index contributed by atoms with van der Waals surface area (Å²) in [4.78, 5) is 23.8. The zero-order valence-electron chi connectivity index (χ0n) is 15.5. The highest BCUT2D eigenvalue weighted by Gasteiger charge is 2.15. The van der Waals surface area contributed by atoms with Gasteiger partial charge in [-0.3, -0.25) is 19.3 Å². The average molecular weight is 375 g/mol. The lowest BCUT2D eigenvalue weighted by Gasteiger charge is -2.20. The van der Waals surface area contributed by atoms with Gasteiger partial charge in [0.1, 0.15) is 0 Å². The molecule has 0 saturated carbocycles. The van der Waals surface area contributed by atoms with E-state index in [1.807, 2.05) is 52.0 Å². The van der Waals surface area contributed by atoms with E-state index < -0.39 is 0 Å². The number of nitrogens with zero attached hydrogens (tertiary/aromatic N) is 2. The minimum Gasteiger partial charge on any atom is -0.350 e. The molecule has 1 heterocycles. The van der Waals surface area contributed by atoms with E-state index in [1.165, 1.54) is 0 Å². The number of aromatic nitrogens is 3. The van der Waals surface area contributed by atoms with E-state index >= 15 is 0 Å². The fraction of sp³-hybridized carbons (Fsp3) is 0.444. The third kappa shape index (κ3) is 5.80. The first-order valence-corrected chi connectivity index (χ1v) is 8.86. The van der Waals surface area contributed by atoms with Crippen LogP contribution in [0.1, 0.15) is 32.8 Å². The lowest BCUT2D eigenvalue weighted by Crippen LogP contribution is -2.45. The van der Waals surface area contributed by atoms with Gasteiger partial charge in [-0.2, -0.15) is 5.10 Å². The Morgan fingerprint density at radius 1 is 1.19 bits per heavy atom. The molecule has 0 unspecified atom stereocenters. The van der Waals surface area contributed by atoms with E-state index in [2.05, 4.69) is 20.8 Å². The normalized spacial score (nSPS) is 11.2. The molecular formula is C18H25N5O2S. The Kier molecular flexibility index (Phi) is 6.31. The summed E-state index contributed by atoms with van der Waals surface area (Å²) in [6.07, 6.45) is 0.204. The second kappa shape index (κ2) is 8.27. The van der Waals surface area contributed by atoms with Gasteiger partial charge in [0.15, 0.2) is 10.6 Å². The molecule has 0 radical (unpaired) electrons. The zero-order chi connectivity index (χ0) is 19.3. The fourth-order valence-corrected chi connectivity index (χ4v) is 2.61. The smallest absolute Gasteiger partial charge is 0.239 e. The topological polar surface area (TPSA) is 91.8 Å². The molecule has 0 bridgehead atoms. The Labute approximate surface area is 158 Å². The third-order valence-electron chi connectivity index (χ3n) is 3.59. The molecule has 2 rings (SSSR count). The van der Waals surface area contributed by atoms with Crippen molar-refractivity contribution in [2.45, 2.75) is 46.2 Å². The van der Waals surface area contributed by atoms with Crippen LogP contribution >= 0.6 is 12.2 Å². The summed E-state index contributed by atoms with van der Waals surface area (Å²) in [6, 6.07) is 7.93. The molecule has 0 saturated heterocycles. The Morgan fingerprint density at radius 2 is 1.85 bits per heavy atom. The van der Waals surface area contributed by atoms with Crippen LogP contribution in [-0.4, -0.2) is 38.7 Å². The molecule has 2 aromatic rings. The molecule has 0 spiro atoms. The van der Waals surface area contributed by atoms with Crippen molar-refractivity contribution >= 4 is 24.0 Å². The lowest BCUT2D eigenvalue weighted by molar-refractivity contribution is -0.127. The zero-order valence-corrected chi connectivity index (χ0v) is 16.4. The highest BCUT2D eigenvalue weighted by molar-refractivity contribution is 7.71. The van der Waals surface area contributed by atoms with E-state index in [4.69, 9.17) is 12.2 Å². The summed E-state index contributed by atoms with van der Waals surface area (Å²) in [5.74, 6) is 0.256. The summed E-state index contributed by atoms with van der Waals surface area (Å²) in [5, 5.41) is 12.5. The first-order chi connectivity index (χ1) is 12.2. The number of hydrogen-bond acceptors (Lipinski definition) is 4. The highest BCUT2D eigenvalue weighted by Crippen LogP contribution is 2.18. The molecule has 0 fully saturated rings. The molecule has 2 amide bonds. The van der Waals surface area contributed by atoms with Gasteiger partial charge in [-0.05, 0) is 39.9 Å². The number of aryl methyl sites for hydroxylation is 1. The van der Waals surface area contributed by atoms with E-state index in [0.29, 0.717) is 17.1 Å². The van der Waals surface area contributed by atoms with Gasteiger partial charge in [-0.1, -0.05) is 29.8 Å². The first kappa shape index (κ1) is 19.8. The van der Waals surface area contributed by atoms with Gasteiger partial charge in [-0.15, -0.1) is 0 Å². The predicted octanol–water partition coefficient (Wildman–Crippen LogP) is 2.34. The average Bonchev–Trinajstić information content (AvgIpc) is 2.91. The molecule has 26 heavy (non-hydrogen) atoms. The molecule has 0 aliphatic heterocycles. The Balaban J connectivity index is 1.94. The first-order valence-electron chi connectivity index (χ1n) is 8.46. The van der Waals surface area contributed by atoms with Crippen molar-refractivity contribution in [1.82, 2.24) is 25.4 Å². The second-order valence-electron chi connectivity index (χ2n) is 7.19. The van der Waals surface area contributed by atoms with Gasteiger partial charge in [0, 0.05) is 24.1 Å². The largest absolute Gasteiger partial charge is 0.350 e. The van der Waals surface area contributed by atoms with Crippen LogP contribution in [0.5, 0.6) is 0 Å². The minimum absolute atomic E-state index is 0.0439. The van der Waals surface area contributed by atoms with Crippen LogP contribution in [0.25, 0.3) is 11.4 Å². The van der Waals surface area contributed by atoms with E-state index in [9.17, 15) is 9.59 Å². The van der Waals surface area contributed by atoms with Crippen LogP contribution < -0.4 is 10.6 Å². The summed E-state index contributed by atoms with van der Waals surface area (Å²) < 4.78 is 2.24. The van der Waals surface area contributed by atoms with Gasteiger partial charge in [0.25, 0.3) is 0 Å². The van der Waals surface area contributed by atoms with Gasteiger partial charge >= 0.3 is 0 Å². The summed E-state index contributed by atoms with van der Waals surface area (Å²) in [7, 11) is 0. The molecule has 0 aliphatic carbocycles. The van der Waals surface area contributed by atoms with Gasteiger partial charge < -0.3 is 10.6 Å². The molecule has 140 valence electrons. The van der Waals surface area contributed by atoms with Crippen molar-refractivity contribution in [3.63, 3.8) is 0 Å². The molecule has 8 heteroatoms. The van der Waals surface area contributed by atoms with Crippen molar-refractivity contribution in [1.29, 1.82) is 0 Å². The van der Waals surface area contributed by atoms with Crippen LogP contribution in [0.2, 0.25) is 0 Å². The summed E-state index contributed by atoms with van der Waals surface area (Å²) in [5.41, 5.74) is 1.75. The van der Waals surface area contributed by atoms with Gasteiger partial charge in [0.2, 0.25) is 11.8 Å². The maximum Gasteiger partial charge on any atom is 0.239 e. The molecule has 1 aromatic carbocycles. The predicted molar refractivity (Wildman–Crippen MR) is 103 cm³/mol. The third-order valence-corrected chi connectivity index (χ3v) is 3.90. The summed E-state index contributed by atoms with van der Waals surface area (Å²) in [6.45, 7) is 8.02. The number of rotatable bonds is 6. The Hall–Kier alpha value is -2.48. The number of carbonyl (C=O) groups is 2. The van der Waals surface area contributed by atoms with Crippen LogP contribution in [-0.2, 0) is 16.1 Å². The highest BCUT2D eigenvalue weighted by atomic mass is 32.1. The fourth-order valence-electron chi connectivity index (χ4n) is 2.39. The quantitative estimate of drug-likeness (QED) is 0.676. The van der Waals surface area contributed by atoms with Crippen molar-refractivity contribution in [2.24, 2.45) is 0 Å². The number of amides is 2. The van der Waals surface area contributed by atoms with Crippen molar-refractivity contribution in [3.05, 3.63) is 34.6 Å². The number of nitrogens with one attached hydrogen (secondary N) is 3. The van der Waals surface area contributed by atoms with Crippen molar-refractivity contribution in [3.8, 4) is 11.4 Å². The molecule has 7 nitrogen and oxygen atoms in total.